The van der Waals surface area contributed by atoms with E-state index in [1.54, 1.807) is 0 Å². The van der Waals surface area contributed by atoms with Crippen LogP contribution in [0, 0.1) is 0 Å². The van der Waals surface area contributed by atoms with Crippen molar-refractivity contribution in [3.8, 4) is 0 Å². The highest BCUT2D eigenvalue weighted by molar-refractivity contribution is 6.33. The zero-order valence-corrected chi connectivity index (χ0v) is 12.1. The highest BCUT2D eigenvalue weighted by atomic mass is 35.5. The van der Waals surface area contributed by atoms with Gasteiger partial charge in [-0.2, -0.15) is 0 Å². The van der Waals surface area contributed by atoms with Crippen molar-refractivity contribution in [3.05, 3.63) is 28.8 Å². The summed E-state index contributed by atoms with van der Waals surface area (Å²) >= 11 is 6.38. The summed E-state index contributed by atoms with van der Waals surface area (Å²) in [6.07, 6.45) is 2.59. The zero-order valence-electron chi connectivity index (χ0n) is 11.3. The summed E-state index contributed by atoms with van der Waals surface area (Å²) in [5, 5.41) is 10.3. The first kappa shape index (κ1) is 13.2. The molecule has 104 valence electrons. The van der Waals surface area contributed by atoms with E-state index in [0.717, 1.165) is 29.4 Å². The van der Waals surface area contributed by atoms with Crippen LogP contribution in [0.25, 0.3) is 0 Å². The smallest absolute Gasteiger partial charge is 0.0702 e. The van der Waals surface area contributed by atoms with Crippen molar-refractivity contribution in [1.29, 1.82) is 0 Å². The largest absolute Gasteiger partial charge is 0.392 e. The summed E-state index contributed by atoms with van der Waals surface area (Å²) in [6, 6.07) is 6.89. The summed E-state index contributed by atoms with van der Waals surface area (Å²) < 4.78 is 0. The van der Waals surface area contributed by atoms with Crippen molar-refractivity contribution >= 4 is 17.3 Å². The minimum absolute atomic E-state index is 0.0491. The van der Waals surface area contributed by atoms with Gasteiger partial charge in [0, 0.05) is 30.7 Å². The molecule has 2 aliphatic heterocycles. The van der Waals surface area contributed by atoms with E-state index in [2.05, 4.69) is 16.7 Å². The average Bonchev–Trinajstić information content (AvgIpc) is 2.84. The van der Waals surface area contributed by atoms with Gasteiger partial charge in [0.15, 0.2) is 0 Å². The Bertz CT molecular complexity index is 465. The predicted octanol–water partition coefficient (Wildman–Crippen LogP) is 2.51. The van der Waals surface area contributed by atoms with Gasteiger partial charge in [0.25, 0.3) is 0 Å². The second kappa shape index (κ2) is 5.31. The molecule has 1 N–H and O–H groups in total. The number of fused-ring (bicyclic) bond motifs is 1. The van der Waals surface area contributed by atoms with Crippen LogP contribution in [0.5, 0.6) is 0 Å². The van der Waals surface area contributed by atoms with E-state index in [9.17, 15) is 5.11 Å². The molecule has 0 spiro atoms. The van der Waals surface area contributed by atoms with Crippen LogP contribution in [-0.2, 0) is 6.61 Å². The molecule has 2 fully saturated rings. The topological polar surface area (TPSA) is 26.7 Å². The molecule has 19 heavy (non-hydrogen) atoms. The fourth-order valence-corrected chi connectivity index (χ4v) is 3.81. The predicted molar refractivity (Wildman–Crippen MR) is 78.8 cm³/mol. The number of halogens is 1. The highest BCUT2D eigenvalue weighted by Crippen LogP contribution is 2.35. The number of aliphatic hydroxyl groups excluding tert-OH is 1. The molecule has 3 rings (SSSR count). The molecule has 0 aromatic heterocycles. The third-order valence-corrected chi connectivity index (χ3v) is 4.77. The van der Waals surface area contributed by atoms with E-state index >= 15 is 0 Å². The van der Waals surface area contributed by atoms with Gasteiger partial charge in [-0.25, -0.2) is 0 Å². The molecule has 1 aromatic rings. The van der Waals surface area contributed by atoms with Crippen molar-refractivity contribution in [3.63, 3.8) is 0 Å². The van der Waals surface area contributed by atoms with E-state index in [1.165, 1.54) is 19.4 Å². The molecule has 1 aromatic carbocycles. The minimum Gasteiger partial charge on any atom is -0.392 e. The van der Waals surface area contributed by atoms with Crippen LogP contribution >= 0.6 is 11.6 Å². The third kappa shape index (κ3) is 2.35. The molecule has 2 atom stereocenters. The second-order valence-electron chi connectivity index (χ2n) is 5.70. The Morgan fingerprint density at radius 3 is 3.00 bits per heavy atom. The SMILES string of the molecule is CC1CN2CCCC2CN1c1c(Cl)cccc1CO. The van der Waals surface area contributed by atoms with Gasteiger partial charge < -0.3 is 10.0 Å². The number of anilines is 1. The lowest BCUT2D eigenvalue weighted by molar-refractivity contribution is 0.202. The van der Waals surface area contributed by atoms with Crippen molar-refractivity contribution in [2.45, 2.75) is 38.5 Å². The van der Waals surface area contributed by atoms with Crippen LogP contribution in [-0.4, -0.2) is 41.7 Å². The first-order valence-corrected chi connectivity index (χ1v) is 7.47. The van der Waals surface area contributed by atoms with Crippen molar-refractivity contribution in [2.24, 2.45) is 0 Å². The first-order chi connectivity index (χ1) is 9.20. The molecule has 2 aliphatic rings. The third-order valence-electron chi connectivity index (χ3n) is 4.47. The summed E-state index contributed by atoms with van der Waals surface area (Å²) in [4.78, 5) is 4.98. The standard InChI is InChI=1S/C15H21ClN2O/c1-11-8-17-7-3-5-13(17)9-18(11)15-12(10-19)4-2-6-14(15)16/h2,4,6,11,13,19H,3,5,7-10H2,1H3. The van der Waals surface area contributed by atoms with Crippen LogP contribution in [0.3, 0.4) is 0 Å². The Labute approximate surface area is 119 Å². The van der Waals surface area contributed by atoms with Crippen LogP contribution in [0.2, 0.25) is 5.02 Å². The Kier molecular flexibility index (Phi) is 3.70. The Hall–Kier alpha value is -0.770. The molecular formula is C15H21ClN2O. The van der Waals surface area contributed by atoms with Gasteiger partial charge in [0.05, 0.1) is 17.3 Å². The van der Waals surface area contributed by atoms with Gasteiger partial charge in [0.1, 0.15) is 0 Å². The summed E-state index contributed by atoms with van der Waals surface area (Å²) in [6.45, 7) is 5.66. The van der Waals surface area contributed by atoms with E-state index in [1.807, 2.05) is 18.2 Å². The highest BCUT2D eigenvalue weighted by Gasteiger charge is 2.35. The molecular weight excluding hydrogens is 260 g/mol. The molecule has 3 nitrogen and oxygen atoms in total. The molecule has 4 heteroatoms. The quantitative estimate of drug-likeness (QED) is 0.902. The first-order valence-electron chi connectivity index (χ1n) is 7.09. The maximum atomic E-state index is 9.55. The van der Waals surface area contributed by atoms with Gasteiger partial charge in [0.2, 0.25) is 0 Å². The van der Waals surface area contributed by atoms with Gasteiger partial charge in [-0.05, 0) is 32.4 Å². The fraction of sp³-hybridized carbons (Fsp3) is 0.600. The van der Waals surface area contributed by atoms with Crippen LogP contribution < -0.4 is 4.90 Å². The number of piperazine rings is 1. The van der Waals surface area contributed by atoms with Crippen LogP contribution in [0.15, 0.2) is 18.2 Å². The molecule has 0 amide bonds. The van der Waals surface area contributed by atoms with Crippen molar-refractivity contribution < 1.29 is 5.11 Å². The number of benzene rings is 1. The zero-order chi connectivity index (χ0) is 13.4. The molecule has 2 unspecified atom stereocenters. The molecule has 2 saturated heterocycles. The molecule has 2 heterocycles. The van der Waals surface area contributed by atoms with E-state index in [4.69, 9.17) is 11.6 Å². The van der Waals surface area contributed by atoms with E-state index < -0.39 is 0 Å². The number of hydrogen-bond donors (Lipinski definition) is 1. The van der Waals surface area contributed by atoms with Crippen molar-refractivity contribution in [1.82, 2.24) is 4.90 Å². The molecule has 0 aliphatic carbocycles. The van der Waals surface area contributed by atoms with Gasteiger partial charge >= 0.3 is 0 Å². The lowest BCUT2D eigenvalue weighted by Gasteiger charge is -2.44. The van der Waals surface area contributed by atoms with Gasteiger partial charge in [-0.1, -0.05) is 23.7 Å². The average molecular weight is 281 g/mol. The number of rotatable bonds is 2. The number of aliphatic hydroxyl groups is 1. The lowest BCUT2D eigenvalue weighted by Crippen LogP contribution is -2.55. The van der Waals surface area contributed by atoms with Gasteiger partial charge in [-0.15, -0.1) is 0 Å². The Morgan fingerprint density at radius 1 is 1.37 bits per heavy atom. The maximum absolute atomic E-state index is 9.55. The Balaban J connectivity index is 1.93. The second-order valence-corrected chi connectivity index (χ2v) is 6.11. The van der Waals surface area contributed by atoms with Crippen molar-refractivity contribution in [2.75, 3.05) is 24.5 Å². The normalized spacial score (nSPS) is 27.6. The van der Waals surface area contributed by atoms with Crippen LogP contribution in [0.4, 0.5) is 5.69 Å². The molecule has 0 radical (unpaired) electrons. The number of hydrogen-bond acceptors (Lipinski definition) is 3. The summed E-state index contributed by atoms with van der Waals surface area (Å²) in [5.41, 5.74) is 1.97. The Morgan fingerprint density at radius 2 is 2.21 bits per heavy atom. The van der Waals surface area contributed by atoms with E-state index in [0.29, 0.717) is 12.1 Å². The lowest BCUT2D eigenvalue weighted by atomic mass is 10.0. The molecule has 0 saturated carbocycles. The molecule has 0 bridgehead atoms. The minimum atomic E-state index is 0.0491. The van der Waals surface area contributed by atoms with E-state index in [-0.39, 0.29) is 6.61 Å². The summed E-state index contributed by atoms with van der Waals surface area (Å²) in [5.74, 6) is 0. The summed E-state index contributed by atoms with van der Waals surface area (Å²) in [7, 11) is 0. The van der Waals surface area contributed by atoms with Crippen LogP contribution in [0.1, 0.15) is 25.3 Å². The number of para-hydroxylation sites is 1. The maximum Gasteiger partial charge on any atom is 0.0702 e. The fourth-order valence-electron chi connectivity index (χ4n) is 3.51. The van der Waals surface area contributed by atoms with Gasteiger partial charge in [-0.3, -0.25) is 4.90 Å². The number of nitrogens with zero attached hydrogens (tertiary/aromatic N) is 2. The monoisotopic (exact) mass is 280 g/mol.